The van der Waals surface area contributed by atoms with Gasteiger partial charge in [-0.2, -0.15) is 20.1 Å². The number of nitrogens with one attached hydrogen (secondary N) is 2. The zero-order chi connectivity index (χ0) is 41.0. The molecule has 2 atom stereocenters. The van der Waals surface area contributed by atoms with E-state index in [-0.39, 0.29) is 29.5 Å². The maximum Gasteiger partial charge on any atom is 0.249 e. The van der Waals surface area contributed by atoms with E-state index in [0.717, 1.165) is 99.8 Å². The molecule has 0 aliphatic carbocycles. The number of nitrogens with two attached hydrogens (primary N) is 1. The molecule has 3 aliphatic rings. The molecule has 1 unspecified atom stereocenters. The third kappa shape index (κ3) is 9.39. The third-order valence-corrected chi connectivity index (χ3v) is 11.8. The molecule has 0 spiro atoms. The van der Waals surface area contributed by atoms with Gasteiger partial charge in [0.1, 0.15) is 23.7 Å². The van der Waals surface area contributed by atoms with Crippen LogP contribution in [-0.2, 0) is 23.2 Å². The molecule has 3 aliphatic heterocycles. The number of nitrogens with zero attached hydrogens (tertiary/aromatic N) is 9. The molecule has 15 nitrogen and oxygen atoms in total. The van der Waals surface area contributed by atoms with E-state index in [0.29, 0.717) is 35.8 Å². The molecule has 8 rings (SSSR count). The highest BCUT2D eigenvalue weighted by Gasteiger charge is 2.28. The fraction of sp³-hybridized carbons (Fsp3) is 0.442. The molecule has 2 amide bonds. The topological polar surface area (TPSA) is 165 Å². The standard InChI is InChI=1S/C43H53FN12O3/c1-28-24-48-56(41(28)31-22-39(42(45)46-25-31)59-29(2)36-23-32(44)4-9-35(36)38-26-47-52(3)51-38)21-20-53-16-18-54(19-17-53)27-30-12-14-55(15-13-30)34-7-5-33(6-8-34)49-37-10-11-40(57)50-43(37)58/h4-9,22-26,29-30,37,49H,10-21,27H2,1-3H3,(H2,45,46)(H,50,57,58)/t29-,37?/m1/s1. The Morgan fingerprint density at radius 1 is 0.932 bits per heavy atom. The summed E-state index contributed by atoms with van der Waals surface area (Å²) in [7, 11) is 1.74. The number of carbonyl (C=O) groups is 2. The highest BCUT2D eigenvalue weighted by Crippen LogP contribution is 2.35. The van der Waals surface area contributed by atoms with Crippen molar-refractivity contribution in [2.75, 3.05) is 68.3 Å². The average molecular weight is 805 g/mol. The number of aryl methyl sites for hydroxylation is 2. The molecule has 0 bridgehead atoms. The van der Waals surface area contributed by atoms with Crippen LogP contribution >= 0.6 is 0 Å². The van der Waals surface area contributed by atoms with Crippen LogP contribution in [0.1, 0.15) is 49.8 Å². The van der Waals surface area contributed by atoms with Crippen molar-refractivity contribution in [1.29, 1.82) is 0 Å². The number of ether oxygens (including phenoxy) is 1. The highest BCUT2D eigenvalue weighted by atomic mass is 19.1. The molecule has 4 N–H and O–H groups in total. The number of hydrogen-bond acceptors (Lipinski definition) is 12. The Bertz CT molecular complexity index is 2260. The second-order valence-electron chi connectivity index (χ2n) is 16.0. The van der Waals surface area contributed by atoms with Crippen molar-refractivity contribution >= 4 is 29.0 Å². The van der Waals surface area contributed by atoms with E-state index >= 15 is 0 Å². The van der Waals surface area contributed by atoms with E-state index in [2.05, 4.69) is 52.6 Å². The van der Waals surface area contributed by atoms with Crippen molar-refractivity contribution in [2.24, 2.45) is 13.0 Å². The lowest BCUT2D eigenvalue weighted by Crippen LogP contribution is -2.49. The highest BCUT2D eigenvalue weighted by molar-refractivity contribution is 6.01. The van der Waals surface area contributed by atoms with Crippen LogP contribution < -0.4 is 26.0 Å². The van der Waals surface area contributed by atoms with E-state index < -0.39 is 6.10 Å². The van der Waals surface area contributed by atoms with Crippen LogP contribution in [0.4, 0.5) is 21.6 Å². The zero-order valence-electron chi connectivity index (χ0n) is 34.0. The number of hydrogen-bond donors (Lipinski definition) is 3. The Balaban J connectivity index is 0.807. The van der Waals surface area contributed by atoms with Gasteiger partial charge >= 0.3 is 0 Å². The number of imide groups is 1. The normalized spacial score (nSPS) is 18.8. The van der Waals surface area contributed by atoms with Crippen LogP contribution in [0, 0.1) is 18.7 Å². The number of benzene rings is 2. The molecule has 3 aromatic heterocycles. The summed E-state index contributed by atoms with van der Waals surface area (Å²) in [6, 6.07) is 14.4. The minimum atomic E-state index is -0.554. The van der Waals surface area contributed by atoms with E-state index in [1.165, 1.54) is 22.6 Å². The number of rotatable bonds is 13. The second-order valence-corrected chi connectivity index (χ2v) is 16.0. The Morgan fingerprint density at radius 2 is 1.69 bits per heavy atom. The second kappa shape index (κ2) is 17.5. The van der Waals surface area contributed by atoms with Gasteiger partial charge in [0.05, 0.1) is 24.6 Å². The van der Waals surface area contributed by atoms with Gasteiger partial charge in [-0.3, -0.25) is 24.5 Å². The minimum Gasteiger partial charge on any atom is -0.482 e. The number of carbonyl (C=O) groups excluding carboxylic acids is 2. The summed E-state index contributed by atoms with van der Waals surface area (Å²) < 4.78 is 22.9. The summed E-state index contributed by atoms with van der Waals surface area (Å²) >= 11 is 0. The molecule has 0 saturated carbocycles. The molecule has 0 radical (unpaired) electrons. The number of halogens is 1. The molecule has 3 saturated heterocycles. The van der Waals surface area contributed by atoms with Gasteiger partial charge in [-0.25, -0.2) is 9.37 Å². The van der Waals surface area contributed by atoms with E-state index in [1.54, 1.807) is 25.5 Å². The summed E-state index contributed by atoms with van der Waals surface area (Å²) in [6.07, 6.45) is 7.93. The van der Waals surface area contributed by atoms with E-state index in [4.69, 9.17) is 15.6 Å². The monoisotopic (exact) mass is 804 g/mol. The van der Waals surface area contributed by atoms with Gasteiger partial charge in [-0.1, -0.05) is 0 Å². The average Bonchev–Trinajstić information content (AvgIpc) is 3.84. The number of piperidine rings is 2. The Labute approximate surface area is 343 Å². The number of amides is 2. The van der Waals surface area contributed by atoms with Crippen molar-refractivity contribution in [2.45, 2.75) is 58.2 Å². The van der Waals surface area contributed by atoms with Crippen LogP contribution in [0.2, 0.25) is 0 Å². The molecular weight excluding hydrogens is 752 g/mol. The van der Waals surface area contributed by atoms with Gasteiger partial charge in [0.2, 0.25) is 11.8 Å². The molecule has 3 fully saturated rings. The first kappa shape index (κ1) is 39.9. The summed E-state index contributed by atoms with van der Waals surface area (Å²) in [5.41, 5.74) is 13.2. The lowest BCUT2D eigenvalue weighted by molar-refractivity contribution is -0.133. The molecule has 2 aromatic carbocycles. The Morgan fingerprint density at radius 3 is 2.42 bits per heavy atom. The number of aromatic nitrogens is 6. The maximum atomic E-state index is 14.5. The molecular formula is C43H53FN12O3. The van der Waals surface area contributed by atoms with Gasteiger partial charge < -0.3 is 25.6 Å². The molecule has 6 heterocycles. The van der Waals surface area contributed by atoms with Gasteiger partial charge in [-0.05, 0) is 93.1 Å². The molecule has 310 valence electrons. The van der Waals surface area contributed by atoms with Crippen LogP contribution in [0.15, 0.2) is 67.1 Å². The van der Waals surface area contributed by atoms with Crippen molar-refractivity contribution in [3.05, 3.63) is 84.1 Å². The number of nitrogen functional groups attached to an aromatic ring is 1. The molecule has 16 heteroatoms. The van der Waals surface area contributed by atoms with Crippen molar-refractivity contribution in [3.8, 4) is 28.3 Å². The SMILES string of the molecule is Cc1cnn(CCN2CCN(CC3CCN(c4ccc(NC5CCC(=O)NC5=O)cc4)CC3)CC2)c1-c1cnc(N)c(O[C@H](C)c2cc(F)ccc2-c2cnn(C)n2)c1. The van der Waals surface area contributed by atoms with Gasteiger partial charge in [0.15, 0.2) is 11.6 Å². The van der Waals surface area contributed by atoms with Gasteiger partial charge in [0, 0.05) is 100 Å². The molecule has 59 heavy (non-hydrogen) atoms. The van der Waals surface area contributed by atoms with Crippen LogP contribution in [0.25, 0.3) is 22.5 Å². The molecule has 5 aromatic rings. The fourth-order valence-electron chi connectivity index (χ4n) is 8.50. The number of anilines is 3. The maximum absolute atomic E-state index is 14.5. The third-order valence-electron chi connectivity index (χ3n) is 11.8. The van der Waals surface area contributed by atoms with Crippen molar-refractivity contribution in [1.82, 2.24) is 44.9 Å². The van der Waals surface area contributed by atoms with Crippen LogP contribution in [0.5, 0.6) is 5.75 Å². The Hall–Kier alpha value is -5.87. The lowest BCUT2D eigenvalue weighted by Gasteiger charge is -2.39. The quantitative estimate of drug-likeness (QED) is 0.141. The summed E-state index contributed by atoms with van der Waals surface area (Å²) in [5.74, 6) is 0.509. The Kier molecular flexibility index (Phi) is 11.9. The first-order valence-electron chi connectivity index (χ1n) is 20.6. The predicted octanol–water partition coefficient (Wildman–Crippen LogP) is 4.66. The summed E-state index contributed by atoms with van der Waals surface area (Å²) in [6.45, 7) is 12.9. The van der Waals surface area contributed by atoms with Crippen LogP contribution in [-0.4, -0.2) is 110 Å². The smallest absolute Gasteiger partial charge is 0.249 e. The largest absolute Gasteiger partial charge is 0.482 e. The van der Waals surface area contributed by atoms with Crippen molar-refractivity contribution in [3.63, 3.8) is 0 Å². The van der Waals surface area contributed by atoms with E-state index in [9.17, 15) is 14.0 Å². The van der Waals surface area contributed by atoms with Gasteiger partial charge in [0.25, 0.3) is 0 Å². The van der Waals surface area contributed by atoms with Crippen LogP contribution in [0.3, 0.4) is 0 Å². The van der Waals surface area contributed by atoms with E-state index in [1.807, 2.05) is 42.9 Å². The minimum absolute atomic E-state index is 0.205. The first-order valence-corrected chi connectivity index (χ1v) is 20.6. The summed E-state index contributed by atoms with van der Waals surface area (Å²) in [4.78, 5) is 37.1. The summed E-state index contributed by atoms with van der Waals surface area (Å²) in [5, 5.41) is 19.0. The number of piperazine rings is 1. The number of pyridine rings is 1. The lowest BCUT2D eigenvalue weighted by atomic mass is 9.95. The zero-order valence-corrected chi connectivity index (χ0v) is 34.0. The van der Waals surface area contributed by atoms with Crippen molar-refractivity contribution < 1.29 is 18.7 Å². The first-order chi connectivity index (χ1) is 28.6. The predicted molar refractivity (Wildman–Crippen MR) is 224 cm³/mol. The fourth-order valence-corrected chi connectivity index (χ4v) is 8.50. The van der Waals surface area contributed by atoms with Gasteiger partial charge in [-0.15, -0.1) is 0 Å².